The van der Waals surface area contributed by atoms with E-state index in [2.05, 4.69) is 0 Å². The van der Waals surface area contributed by atoms with Crippen LogP contribution >= 0.6 is 0 Å². The van der Waals surface area contributed by atoms with Crippen molar-refractivity contribution in [2.45, 2.75) is 24.8 Å². The summed E-state index contributed by atoms with van der Waals surface area (Å²) in [6.07, 6.45) is 0. The zero-order valence-corrected chi connectivity index (χ0v) is 11.4. The lowest BCUT2D eigenvalue weighted by molar-refractivity contribution is -0.223. The summed E-state index contributed by atoms with van der Waals surface area (Å²) in [4.78, 5) is 0. The van der Waals surface area contributed by atoms with Crippen LogP contribution in [-0.2, 0) is 11.8 Å². The van der Waals surface area contributed by atoms with Gasteiger partial charge in [0.2, 0.25) is 0 Å². The van der Waals surface area contributed by atoms with E-state index in [1.165, 1.54) is 30.3 Å². The van der Waals surface area contributed by atoms with E-state index in [4.69, 9.17) is 5.73 Å². The van der Waals surface area contributed by atoms with E-state index in [0.29, 0.717) is 5.56 Å². The maximum absolute atomic E-state index is 14.2. The van der Waals surface area contributed by atoms with Crippen LogP contribution < -0.4 is 5.73 Å². The minimum atomic E-state index is -4.30. The molecule has 2 aromatic carbocycles. The summed E-state index contributed by atoms with van der Waals surface area (Å²) in [7, 11) is 0. The molecule has 0 heterocycles. The number of benzene rings is 2. The van der Waals surface area contributed by atoms with Crippen molar-refractivity contribution in [1.29, 1.82) is 0 Å². The van der Waals surface area contributed by atoms with Gasteiger partial charge in [-0.05, 0) is 12.5 Å². The van der Waals surface area contributed by atoms with Crippen molar-refractivity contribution in [3.63, 3.8) is 0 Å². The van der Waals surface area contributed by atoms with Gasteiger partial charge >= 0.3 is 11.8 Å². The smallest absolute Gasteiger partial charge is 0.324 e. The largest absolute Gasteiger partial charge is 0.339 e. The molecule has 0 aliphatic carbocycles. The van der Waals surface area contributed by atoms with Gasteiger partial charge in [0.1, 0.15) is 0 Å². The normalized spacial score (nSPS) is 14.0. The Morgan fingerprint density at radius 2 is 1.19 bits per heavy atom. The highest BCUT2D eigenvalue weighted by Gasteiger charge is 2.58. The standard InChI is InChI=1S/C16H15F4N/c1-11(21)12-7-9-14(10-8-12)16(19,20)15(17,18)13-5-3-2-4-6-13/h2-11H,21H2,1H3. The minimum Gasteiger partial charge on any atom is -0.324 e. The Balaban J connectivity index is 2.40. The van der Waals surface area contributed by atoms with Crippen LogP contribution in [0.2, 0.25) is 0 Å². The third kappa shape index (κ3) is 2.78. The molecule has 0 amide bonds. The van der Waals surface area contributed by atoms with Gasteiger partial charge in [-0.15, -0.1) is 0 Å². The quantitative estimate of drug-likeness (QED) is 0.821. The first-order chi connectivity index (χ1) is 9.76. The average Bonchev–Trinajstić information content (AvgIpc) is 2.48. The van der Waals surface area contributed by atoms with Crippen molar-refractivity contribution < 1.29 is 17.6 Å². The molecule has 2 aromatic rings. The molecule has 0 saturated heterocycles. The fraction of sp³-hybridized carbons (Fsp3) is 0.250. The summed E-state index contributed by atoms with van der Waals surface area (Å²) in [5, 5.41) is 0. The molecule has 0 fully saturated rings. The Morgan fingerprint density at radius 3 is 1.62 bits per heavy atom. The molecule has 0 radical (unpaired) electrons. The van der Waals surface area contributed by atoms with Gasteiger partial charge < -0.3 is 5.73 Å². The average molecular weight is 297 g/mol. The van der Waals surface area contributed by atoms with Crippen LogP contribution in [0.5, 0.6) is 0 Å². The minimum absolute atomic E-state index is 0.345. The number of alkyl halides is 4. The van der Waals surface area contributed by atoms with E-state index < -0.39 is 23.0 Å². The number of hydrogen-bond acceptors (Lipinski definition) is 1. The molecular formula is C16H15F4N. The maximum Gasteiger partial charge on any atom is 0.339 e. The molecular weight excluding hydrogens is 282 g/mol. The van der Waals surface area contributed by atoms with Crippen LogP contribution in [-0.4, -0.2) is 0 Å². The highest BCUT2D eigenvalue weighted by molar-refractivity contribution is 5.32. The van der Waals surface area contributed by atoms with Crippen LogP contribution in [0, 0.1) is 0 Å². The molecule has 0 spiro atoms. The monoisotopic (exact) mass is 297 g/mol. The first-order valence-corrected chi connectivity index (χ1v) is 6.44. The summed E-state index contributed by atoms with van der Waals surface area (Å²) in [5.74, 6) is -8.59. The van der Waals surface area contributed by atoms with E-state index in [1.807, 2.05) is 0 Å². The lowest BCUT2D eigenvalue weighted by atomic mass is 9.95. The molecule has 0 bridgehead atoms. The van der Waals surface area contributed by atoms with Gasteiger partial charge in [-0.2, -0.15) is 17.6 Å². The van der Waals surface area contributed by atoms with Crippen molar-refractivity contribution in [3.8, 4) is 0 Å². The molecule has 21 heavy (non-hydrogen) atoms. The van der Waals surface area contributed by atoms with Crippen LogP contribution in [0.4, 0.5) is 17.6 Å². The van der Waals surface area contributed by atoms with Crippen LogP contribution in [0.25, 0.3) is 0 Å². The summed E-state index contributed by atoms with van der Waals surface area (Å²) < 4.78 is 56.5. The van der Waals surface area contributed by atoms with Crippen molar-refractivity contribution in [1.82, 2.24) is 0 Å². The van der Waals surface area contributed by atoms with Gasteiger partial charge in [0.25, 0.3) is 0 Å². The summed E-state index contributed by atoms with van der Waals surface area (Å²) in [6.45, 7) is 1.69. The summed E-state index contributed by atoms with van der Waals surface area (Å²) >= 11 is 0. The molecule has 1 nitrogen and oxygen atoms in total. The number of hydrogen-bond donors (Lipinski definition) is 1. The molecule has 0 aromatic heterocycles. The van der Waals surface area contributed by atoms with E-state index in [9.17, 15) is 17.6 Å². The molecule has 0 aliphatic heterocycles. The third-order valence-corrected chi connectivity index (χ3v) is 3.33. The molecule has 2 N–H and O–H groups in total. The fourth-order valence-corrected chi connectivity index (χ4v) is 2.01. The predicted octanol–water partition coefficient (Wildman–Crippen LogP) is 4.59. The number of nitrogens with two attached hydrogens (primary N) is 1. The van der Waals surface area contributed by atoms with Gasteiger partial charge in [0.05, 0.1) is 0 Å². The van der Waals surface area contributed by atoms with Crippen LogP contribution in [0.15, 0.2) is 54.6 Å². The topological polar surface area (TPSA) is 26.0 Å². The van der Waals surface area contributed by atoms with E-state index >= 15 is 0 Å². The maximum atomic E-state index is 14.2. The second-order valence-electron chi connectivity index (χ2n) is 4.93. The van der Waals surface area contributed by atoms with E-state index in [1.54, 1.807) is 6.92 Å². The Kier molecular flexibility index (Phi) is 4.05. The van der Waals surface area contributed by atoms with Crippen molar-refractivity contribution in [3.05, 3.63) is 71.3 Å². The molecule has 0 saturated carbocycles. The van der Waals surface area contributed by atoms with Gasteiger partial charge in [-0.1, -0.05) is 54.6 Å². The highest BCUT2D eigenvalue weighted by atomic mass is 19.3. The number of rotatable bonds is 4. The number of halogens is 4. The van der Waals surface area contributed by atoms with Crippen molar-refractivity contribution in [2.75, 3.05) is 0 Å². The second-order valence-corrected chi connectivity index (χ2v) is 4.93. The lowest BCUT2D eigenvalue weighted by Crippen LogP contribution is -2.35. The van der Waals surface area contributed by atoms with Crippen molar-refractivity contribution in [2.24, 2.45) is 5.73 Å². The summed E-state index contributed by atoms with van der Waals surface area (Å²) in [6, 6.07) is 10.4. The zero-order chi connectivity index (χ0) is 15.7. The SMILES string of the molecule is CC(N)c1ccc(C(F)(F)C(F)(F)c2ccccc2)cc1. The summed E-state index contributed by atoms with van der Waals surface area (Å²) in [5.41, 5.74) is 4.77. The second kappa shape index (κ2) is 5.48. The molecule has 112 valence electrons. The molecule has 2 rings (SSSR count). The molecule has 5 heteroatoms. The van der Waals surface area contributed by atoms with E-state index in [-0.39, 0.29) is 6.04 Å². The van der Waals surface area contributed by atoms with Crippen molar-refractivity contribution >= 4 is 0 Å². The Hall–Kier alpha value is -1.88. The fourth-order valence-electron chi connectivity index (χ4n) is 2.01. The van der Waals surface area contributed by atoms with Gasteiger partial charge in [-0.3, -0.25) is 0 Å². The Bertz CT molecular complexity index is 591. The highest BCUT2D eigenvalue weighted by Crippen LogP contribution is 2.49. The Labute approximate surface area is 120 Å². The van der Waals surface area contributed by atoms with Crippen LogP contribution in [0.1, 0.15) is 29.7 Å². The van der Waals surface area contributed by atoms with Gasteiger partial charge in [-0.25, -0.2) is 0 Å². The first-order valence-electron chi connectivity index (χ1n) is 6.44. The molecule has 1 unspecified atom stereocenters. The molecule has 0 aliphatic rings. The third-order valence-electron chi connectivity index (χ3n) is 3.33. The Morgan fingerprint density at radius 1 is 0.762 bits per heavy atom. The first kappa shape index (κ1) is 15.5. The van der Waals surface area contributed by atoms with E-state index in [0.717, 1.165) is 24.3 Å². The predicted molar refractivity (Wildman–Crippen MR) is 73.3 cm³/mol. The van der Waals surface area contributed by atoms with Gasteiger partial charge in [0, 0.05) is 17.2 Å². The lowest BCUT2D eigenvalue weighted by Gasteiger charge is -2.27. The molecule has 1 atom stereocenters. The van der Waals surface area contributed by atoms with Gasteiger partial charge in [0.15, 0.2) is 0 Å². The van der Waals surface area contributed by atoms with Crippen LogP contribution in [0.3, 0.4) is 0 Å². The zero-order valence-electron chi connectivity index (χ0n) is 11.4.